The second-order valence-electron chi connectivity index (χ2n) is 6.59. The third-order valence-electron chi connectivity index (χ3n) is 4.50. The highest BCUT2D eigenvalue weighted by Gasteiger charge is 2.17. The molecule has 0 aliphatic heterocycles. The number of hydrogen-bond donors (Lipinski definition) is 2. The van der Waals surface area contributed by atoms with Gasteiger partial charge in [0.05, 0.1) is 4.90 Å². The highest BCUT2D eigenvalue weighted by Crippen LogP contribution is 2.31. The number of nitrogens with zero attached hydrogens (tertiary/aromatic N) is 2. The summed E-state index contributed by atoms with van der Waals surface area (Å²) in [5, 5.41) is 12.2. The van der Waals surface area contributed by atoms with Gasteiger partial charge in [-0.2, -0.15) is 0 Å². The normalized spacial score (nSPS) is 11.6. The zero-order valence-corrected chi connectivity index (χ0v) is 16.7. The van der Waals surface area contributed by atoms with Gasteiger partial charge in [-0.1, -0.05) is 25.1 Å². The predicted molar refractivity (Wildman–Crippen MR) is 108 cm³/mol. The Morgan fingerprint density at radius 3 is 2.50 bits per heavy atom. The van der Waals surface area contributed by atoms with E-state index in [2.05, 4.69) is 12.2 Å². The second kappa shape index (κ2) is 8.02. The second-order valence-corrected chi connectivity index (χ2v) is 8.61. The molecule has 3 aromatic rings. The summed E-state index contributed by atoms with van der Waals surface area (Å²) in [5.74, 6) is -0.0456. The van der Waals surface area contributed by atoms with E-state index in [0.717, 1.165) is 29.1 Å². The summed E-state index contributed by atoms with van der Waals surface area (Å²) < 4.78 is 25.5. The number of carboxylic acid groups (broad SMARTS) is 1. The topological polar surface area (TPSA) is 101 Å². The average molecular weight is 401 g/mol. The average Bonchev–Trinajstić information content (AvgIpc) is 3.03. The monoisotopic (exact) mass is 401 g/mol. The third-order valence-corrected chi connectivity index (χ3v) is 5.63. The maximum atomic E-state index is 11.7. The molecule has 0 spiro atoms. The van der Waals surface area contributed by atoms with Crippen LogP contribution >= 0.6 is 0 Å². The van der Waals surface area contributed by atoms with E-state index in [4.69, 9.17) is 10.1 Å². The Labute approximate surface area is 164 Å². The summed E-state index contributed by atoms with van der Waals surface area (Å²) in [4.78, 5) is 15.8. The standard InChI is InChI=1S/C20H23N3O4S/c1-3-15-6-4-7-17-22-19(14-9-11-16(12-10-14)28(2,26)27)20(23(15)17)21-13-5-8-18(24)25/h4,6-7,9-12,21H,3,5,8,13H2,1-2H3,(H,24,25). The summed E-state index contributed by atoms with van der Waals surface area (Å²) in [7, 11) is -3.27. The zero-order valence-electron chi connectivity index (χ0n) is 15.8. The first-order chi connectivity index (χ1) is 13.3. The molecule has 0 saturated heterocycles. The van der Waals surface area contributed by atoms with Crippen LogP contribution in [0, 0.1) is 0 Å². The molecule has 0 atom stereocenters. The van der Waals surface area contributed by atoms with Gasteiger partial charge in [0, 0.05) is 30.5 Å². The Morgan fingerprint density at radius 1 is 1.18 bits per heavy atom. The number of pyridine rings is 1. The molecule has 0 radical (unpaired) electrons. The van der Waals surface area contributed by atoms with Crippen LogP contribution in [0.3, 0.4) is 0 Å². The maximum absolute atomic E-state index is 11.7. The molecular formula is C20H23N3O4S. The fourth-order valence-corrected chi connectivity index (χ4v) is 3.74. The fraction of sp³-hybridized carbons (Fsp3) is 0.300. The first-order valence-corrected chi connectivity index (χ1v) is 11.0. The fourth-order valence-electron chi connectivity index (χ4n) is 3.11. The zero-order chi connectivity index (χ0) is 20.3. The lowest BCUT2D eigenvalue weighted by Crippen LogP contribution is -2.09. The van der Waals surface area contributed by atoms with Gasteiger partial charge in [-0.25, -0.2) is 13.4 Å². The van der Waals surface area contributed by atoms with Gasteiger partial charge >= 0.3 is 5.97 Å². The molecule has 0 unspecified atom stereocenters. The summed E-state index contributed by atoms with van der Waals surface area (Å²) in [6.45, 7) is 2.55. The smallest absolute Gasteiger partial charge is 0.303 e. The Kier molecular flexibility index (Phi) is 5.69. The number of carbonyl (C=O) groups is 1. The van der Waals surface area contributed by atoms with Gasteiger partial charge in [-0.3, -0.25) is 9.20 Å². The van der Waals surface area contributed by atoms with Crippen molar-refractivity contribution in [2.24, 2.45) is 0 Å². The van der Waals surface area contributed by atoms with Crippen molar-refractivity contribution in [2.75, 3.05) is 18.1 Å². The van der Waals surface area contributed by atoms with E-state index < -0.39 is 15.8 Å². The number of fused-ring (bicyclic) bond motifs is 1. The molecule has 7 nitrogen and oxygen atoms in total. The number of hydrogen-bond acceptors (Lipinski definition) is 5. The van der Waals surface area contributed by atoms with Crippen LogP contribution in [0.15, 0.2) is 47.4 Å². The minimum atomic E-state index is -3.27. The van der Waals surface area contributed by atoms with Crippen molar-refractivity contribution in [3.05, 3.63) is 48.2 Å². The van der Waals surface area contributed by atoms with Crippen LogP contribution in [0.1, 0.15) is 25.5 Å². The molecule has 2 N–H and O–H groups in total. The van der Waals surface area contributed by atoms with E-state index in [1.54, 1.807) is 24.3 Å². The Bertz CT molecular complexity index is 1100. The van der Waals surface area contributed by atoms with Crippen LogP contribution in [0.4, 0.5) is 5.82 Å². The van der Waals surface area contributed by atoms with Crippen molar-refractivity contribution in [3.8, 4) is 11.3 Å². The minimum absolute atomic E-state index is 0.0861. The van der Waals surface area contributed by atoms with E-state index in [0.29, 0.717) is 18.7 Å². The lowest BCUT2D eigenvalue weighted by atomic mass is 10.1. The number of carboxylic acids is 1. The molecule has 1 aromatic carbocycles. The number of rotatable bonds is 8. The summed E-state index contributed by atoms with van der Waals surface area (Å²) in [6.07, 6.45) is 2.56. The van der Waals surface area contributed by atoms with Crippen molar-refractivity contribution < 1.29 is 18.3 Å². The van der Waals surface area contributed by atoms with Gasteiger partial charge < -0.3 is 10.4 Å². The molecule has 0 bridgehead atoms. The van der Waals surface area contributed by atoms with Gasteiger partial charge in [-0.05, 0) is 37.1 Å². The van der Waals surface area contributed by atoms with Gasteiger partial charge in [-0.15, -0.1) is 0 Å². The minimum Gasteiger partial charge on any atom is -0.481 e. The van der Waals surface area contributed by atoms with Crippen LogP contribution in [0.2, 0.25) is 0 Å². The summed E-state index contributed by atoms with van der Waals surface area (Å²) in [6, 6.07) is 12.5. The van der Waals surface area contributed by atoms with Crippen LogP contribution in [0.5, 0.6) is 0 Å². The Morgan fingerprint density at radius 2 is 1.89 bits per heavy atom. The largest absolute Gasteiger partial charge is 0.481 e. The molecule has 28 heavy (non-hydrogen) atoms. The molecular weight excluding hydrogens is 378 g/mol. The van der Waals surface area contributed by atoms with Crippen LogP contribution < -0.4 is 5.32 Å². The number of nitrogens with one attached hydrogen (secondary N) is 1. The molecule has 0 aliphatic carbocycles. The highest BCUT2D eigenvalue weighted by atomic mass is 32.2. The molecule has 3 rings (SSSR count). The molecule has 148 valence electrons. The van der Waals surface area contributed by atoms with E-state index in [-0.39, 0.29) is 11.3 Å². The molecule has 0 fully saturated rings. The van der Waals surface area contributed by atoms with E-state index in [9.17, 15) is 13.2 Å². The van der Waals surface area contributed by atoms with E-state index in [1.807, 2.05) is 22.6 Å². The number of aromatic nitrogens is 2. The first kappa shape index (κ1) is 19.9. The highest BCUT2D eigenvalue weighted by molar-refractivity contribution is 7.90. The first-order valence-electron chi connectivity index (χ1n) is 9.07. The molecule has 0 amide bonds. The number of sulfone groups is 1. The van der Waals surface area contributed by atoms with E-state index in [1.165, 1.54) is 6.26 Å². The SMILES string of the molecule is CCc1cccc2nc(-c3ccc(S(C)(=O)=O)cc3)c(NCCCC(=O)O)n12. The van der Waals surface area contributed by atoms with Crippen LogP contribution in [-0.4, -0.2) is 41.7 Å². The van der Waals surface area contributed by atoms with E-state index >= 15 is 0 Å². The van der Waals surface area contributed by atoms with Crippen LogP contribution in [-0.2, 0) is 21.1 Å². The van der Waals surface area contributed by atoms with Gasteiger partial charge in [0.25, 0.3) is 0 Å². The molecule has 0 saturated carbocycles. The number of benzene rings is 1. The number of aliphatic carboxylic acids is 1. The lowest BCUT2D eigenvalue weighted by molar-refractivity contribution is -0.137. The van der Waals surface area contributed by atoms with Crippen LogP contribution in [0.25, 0.3) is 16.9 Å². The van der Waals surface area contributed by atoms with Crippen molar-refractivity contribution in [1.82, 2.24) is 9.38 Å². The molecule has 8 heteroatoms. The number of imidazole rings is 1. The lowest BCUT2D eigenvalue weighted by Gasteiger charge is -2.11. The van der Waals surface area contributed by atoms with Gasteiger partial charge in [0.1, 0.15) is 17.2 Å². The predicted octanol–water partition coefficient (Wildman–Crippen LogP) is 3.24. The van der Waals surface area contributed by atoms with Crippen molar-refractivity contribution >= 4 is 27.3 Å². The number of aryl methyl sites for hydroxylation is 1. The number of anilines is 1. The third kappa shape index (κ3) is 4.17. The Hall–Kier alpha value is -2.87. The van der Waals surface area contributed by atoms with Gasteiger partial charge in [0.15, 0.2) is 9.84 Å². The molecule has 2 heterocycles. The Balaban J connectivity index is 2.05. The van der Waals surface area contributed by atoms with Crippen molar-refractivity contribution in [3.63, 3.8) is 0 Å². The van der Waals surface area contributed by atoms with Gasteiger partial charge in [0.2, 0.25) is 0 Å². The quantitative estimate of drug-likeness (QED) is 0.562. The van der Waals surface area contributed by atoms with Crippen molar-refractivity contribution in [1.29, 1.82) is 0 Å². The maximum Gasteiger partial charge on any atom is 0.303 e. The summed E-state index contributed by atoms with van der Waals surface area (Å²) in [5.41, 5.74) is 3.35. The molecule has 0 aliphatic rings. The summed E-state index contributed by atoms with van der Waals surface area (Å²) >= 11 is 0. The van der Waals surface area contributed by atoms with Crippen molar-refractivity contribution in [2.45, 2.75) is 31.1 Å². The molecule has 2 aromatic heterocycles.